The smallest absolute Gasteiger partial charge is 0.227 e. The topological polar surface area (TPSA) is 38.3 Å². The molecule has 0 aliphatic heterocycles. The van der Waals surface area contributed by atoms with Crippen LogP contribution in [0.2, 0.25) is 0 Å². The van der Waals surface area contributed by atoms with Gasteiger partial charge in [-0.2, -0.15) is 0 Å². The maximum absolute atomic E-state index is 11.9. The summed E-state index contributed by atoms with van der Waals surface area (Å²) >= 11 is 0. The SMILES string of the molecule is CC(C)Oc1ccc(NC(=O)C(C)C2CC2)cc1. The monoisotopic (exact) mass is 247 g/mol. The summed E-state index contributed by atoms with van der Waals surface area (Å²) < 4.78 is 5.56. The van der Waals surface area contributed by atoms with Crippen molar-refractivity contribution < 1.29 is 9.53 Å². The molecular formula is C15H21NO2. The second-order valence-corrected chi connectivity index (χ2v) is 5.31. The van der Waals surface area contributed by atoms with Crippen molar-refractivity contribution in [2.24, 2.45) is 11.8 Å². The summed E-state index contributed by atoms with van der Waals surface area (Å²) in [6.07, 6.45) is 2.55. The maximum atomic E-state index is 11.9. The van der Waals surface area contributed by atoms with Crippen LogP contribution in [-0.4, -0.2) is 12.0 Å². The van der Waals surface area contributed by atoms with Crippen molar-refractivity contribution in [1.29, 1.82) is 0 Å². The molecule has 1 unspecified atom stereocenters. The molecule has 2 rings (SSSR count). The number of ether oxygens (including phenoxy) is 1. The highest BCUT2D eigenvalue weighted by molar-refractivity contribution is 5.92. The van der Waals surface area contributed by atoms with Gasteiger partial charge < -0.3 is 10.1 Å². The van der Waals surface area contributed by atoms with E-state index in [0.29, 0.717) is 5.92 Å². The molecule has 0 aromatic heterocycles. The fourth-order valence-corrected chi connectivity index (χ4v) is 1.96. The van der Waals surface area contributed by atoms with Gasteiger partial charge in [0.05, 0.1) is 6.10 Å². The molecule has 0 bridgehead atoms. The van der Waals surface area contributed by atoms with Gasteiger partial charge in [0.2, 0.25) is 5.91 Å². The zero-order chi connectivity index (χ0) is 13.1. The number of benzene rings is 1. The number of carbonyl (C=O) groups excluding carboxylic acids is 1. The molecule has 1 atom stereocenters. The highest BCUT2D eigenvalue weighted by Gasteiger charge is 2.32. The van der Waals surface area contributed by atoms with Gasteiger partial charge in [0.15, 0.2) is 0 Å². The molecule has 3 nitrogen and oxygen atoms in total. The second-order valence-electron chi connectivity index (χ2n) is 5.31. The number of hydrogen-bond acceptors (Lipinski definition) is 2. The Hall–Kier alpha value is -1.51. The number of anilines is 1. The fraction of sp³-hybridized carbons (Fsp3) is 0.533. The van der Waals surface area contributed by atoms with E-state index in [1.807, 2.05) is 45.0 Å². The minimum atomic E-state index is 0.120. The van der Waals surface area contributed by atoms with Crippen LogP contribution in [-0.2, 0) is 4.79 Å². The van der Waals surface area contributed by atoms with Crippen LogP contribution in [0.3, 0.4) is 0 Å². The van der Waals surface area contributed by atoms with Crippen molar-refractivity contribution in [2.45, 2.75) is 39.7 Å². The highest BCUT2D eigenvalue weighted by Crippen LogP contribution is 2.37. The fourth-order valence-electron chi connectivity index (χ4n) is 1.96. The summed E-state index contributed by atoms with van der Waals surface area (Å²) in [4.78, 5) is 11.9. The van der Waals surface area contributed by atoms with Gasteiger partial charge in [-0.05, 0) is 56.9 Å². The van der Waals surface area contributed by atoms with E-state index in [9.17, 15) is 4.79 Å². The molecule has 98 valence electrons. The largest absolute Gasteiger partial charge is 0.491 e. The van der Waals surface area contributed by atoms with E-state index in [2.05, 4.69) is 5.32 Å². The van der Waals surface area contributed by atoms with Gasteiger partial charge in [0, 0.05) is 11.6 Å². The van der Waals surface area contributed by atoms with Crippen molar-refractivity contribution >= 4 is 11.6 Å². The molecule has 0 radical (unpaired) electrons. The van der Waals surface area contributed by atoms with Crippen LogP contribution in [0.5, 0.6) is 5.75 Å². The van der Waals surface area contributed by atoms with Gasteiger partial charge in [-0.15, -0.1) is 0 Å². The molecule has 0 saturated heterocycles. The summed E-state index contributed by atoms with van der Waals surface area (Å²) in [5, 5.41) is 2.95. The molecule has 1 aromatic carbocycles. The third kappa shape index (κ3) is 3.49. The van der Waals surface area contributed by atoms with E-state index >= 15 is 0 Å². The Morgan fingerprint density at radius 2 is 1.83 bits per heavy atom. The lowest BCUT2D eigenvalue weighted by Gasteiger charge is -2.13. The van der Waals surface area contributed by atoms with Crippen LogP contribution in [0.25, 0.3) is 0 Å². The second kappa shape index (κ2) is 5.42. The van der Waals surface area contributed by atoms with Crippen molar-refractivity contribution in [3.8, 4) is 5.75 Å². The average Bonchev–Trinajstić information content (AvgIpc) is 3.14. The summed E-state index contributed by atoms with van der Waals surface area (Å²) in [7, 11) is 0. The number of rotatable bonds is 5. The summed E-state index contributed by atoms with van der Waals surface area (Å²) in [5.74, 6) is 1.67. The lowest BCUT2D eigenvalue weighted by Crippen LogP contribution is -2.21. The number of amides is 1. The molecule has 1 saturated carbocycles. The first-order chi connectivity index (χ1) is 8.56. The van der Waals surface area contributed by atoms with E-state index in [1.165, 1.54) is 12.8 Å². The Labute approximate surface area is 109 Å². The van der Waals surface area contributed by atoms with Crippen LogP contribution in [0, 0.1) is 11.8 Å². The lowest BCUT2D eigenvalue weighted by atomic mass is 10.1. The Balaban J connectivity index is 1.91. The van der Waals surface area contributed by atoms with Gasteiger partial charge in [0.1, 0.15) is 5.75 Å². The standard InChI is InChI=1S/C15H21NO2/c1-10(2)18-14-8-6-13(7-9-14)16-15(17)11(3)12-4-5-12/h6-12H,4-5H2,1-3H3,(H,16,17). The molecule has 1 fully saturated rings. The van der Waals surface area contributed by atoms with E-state index in [4.69, 9.17) is 4.74 Å². The molecule has 1 aromatic rings. The maximum Gasteiger partial charge on any atom is 0.227 e. The molecule has 1 aliphatic carbocycles. The van der Waals surface area contributed by atoms with Gasteiger partial charge >= 0.3 is 0 Å². The summed E-state index contributed by atoms with van der Waals surface area (Å²) in [5.41, 5.74) is 0.837. The number of carbonyl (C=O) groups is 1. The normalized spacial score (nSPS) is 16.4. The van der Waals surface area contributed by atoms with Gasteiger partial charge in [-0.1, -0.05) is 6.92 Å². The quantitative estimate of drug-likeness (QED) is 0.865. The third-order valence-electron chi connectivity index (χ3n) is 3.24. The first-order valence-corrected chi connectivity index (χ1v) is 6.64. The van der Waals surface area contributed by atoms with Crippen LogP contribution >= 0.6 is 0 Å². The minimum Gasteiger partial charge on any atom is -0.491 e. The molecular weight excluding hydrogens is 226 g/mol. The molecule has 3 heteroatoms. The first-order valence-electron chi connectivity index (χ1n) is 6.64. The van der Waals surface area contributed by atoms with Crippen molar-refractivity contribution in [3.63, 3.8) is 0 Å². The first kappa shape index (κ1) is 12.9. The van der Waals surface area contributed by atoms with Crippen molar-refractivity contribution in [3.05, 3.63) is 24.3 Å². The molecule has 1 amide bonds. The highest BCUT2D eigenvalue weighted by atomic mass is 16.5. The van der Waals surface area contributed by atoms with Crippen molar-refractivity contribution in [1.82, 2.24) is 0 Å². The number of nitrogens with one attached hydrogen (secondary N) is 1. The molecule has 1 N–H and O–H groups in total. The summed E-state index contributed by atoms with van der Waals surface area (Å²) in [6, 6.07) is 7.54. The molecule has 1 aliphatic rings. The van der Waals surface area contributed by atoms with E-state index in [-0.39, 0.29) is 17.9 Å². The predicted molar refractivity (Wildman–Crippen MR) is 72.7 cm³/mol. The lowest BCUT2D eigenvalue weighted by molar-refractivity contribution is -0.119. The van der Waals surface area contributed by atoms with Crippen molar-refractivity contribution in [2.75, 3.05) is 5.32 Å². The van der Waals surface area contributed by atoms with Crippen LogP contribution < -0.4 is 10.1 Å². The minimum absolute atomic E-state index is 0.120. The van der Waals surface area contributed by atoms with Crippen LogP contribution in [0.4, 0.5) is 5.69 Å². The predicted octanol–water partition coefficient (Wildman–Crippen LogP) is 3.46. The van der Waals surface area contributed by atoms with Gasteiger partial charge in [0.25, 0.3) is 0 Å². The Morgan fingerprint density at radius 1 is 1.22 bits per heavy atom. The molecule has 0 heterocycles. The molecule has 0 spiro atoms. The molecule has 18 heavy (non-hydrogen) atoms. The third-order valence-corrected chi connectivity index (χ3v) is 3.24. The Bertz CT molecular complexity index is 407. The van der Waals surface area contributed by atoms with E-state index in [1.54, 1.807) is 0 Å². The average molecular weight is 247 g/mol. The Kier molecular flexibility index (Phi) is 3.90. The number of hydrogen-bond donors (Lipinski definition) is 1. The van der Waals surface area contributed by atoms with E-state index in [0.717, 1.165) is 11.4 Å². The van der Waals surface area contributed by atoms with Gasteiger partial charge in [-0.25, -0.2) is 0 Å². The Morgan fingerprint density at radius 3 is 2.33 bits per heavy atom. The van der Waals surface area contributed by atoms with Gasteiger partial charge in [-0.3, -0.25) is 4.79 Å². The van der Waals surface area contributed by atoms with Crippen LogP contribution in [0.1, 0.15) is 33.6 Å². The summed E-state index contributed by atoms with van der Waals surface area (Å²) in [6.45, 7) is 5.99. The van der Waals surface area contributed by atoms with Crippen LogP contribution in [0.15, 0.2) is 24.3 Å². The van der Waals surface area contributed by atoms with E-state index < -0.39 is 0 Å². The zero-order valence-corrected chi connectivity index (χ0v) is 11.3. The zero-order valence-electron chi connectivity index (χ0n) is 11.3.